The van der Waals surface area contributed by atoms with Crippen molar-refractivity contribution in [3.05, 3.63) is 136 Å². The summed E-state index contributed by atoms with van der Waals surface area (Å²) >= 11 is 0. The van der Waals surface area contributed by atoms with Gasteiger partial charge in [0.05, 0.1) is 0 Å². The quantitative estimate of drug-likeness (QED) is 0.180. The highest BCUT2D eigenvalue weighted by Crippen LogP contribution is 2.37. The Kier molecular flexibility index (Phi) is 7.10. The van der Waals surface area contributed by atoms with Gasteiger partial charge in [-0.15, -0.1) is 0 Å². The number of fused-ring (bicyclic) bond motifs is 1. The highest BCUT2D eigenvalue weighted by atomic mass is 28.3. The van der Waals surface area contributed by atoms with Gasteiger partial charge < -0.3 is 0 Å². The highest BCUT2D eigenvalue weighted by Gasteiger charge is 2.48. The van der Waals surface area contributed by atoms with Crippen LogP contribution in [0.3, 0.4) is 0 Å². The van der Waals surface area contributed by atoms with E-state index in [0.29, 0.717) is 17.8 Å². The molecule has 0 aliphatic heterocycles. The van der Waals surface area contributed by atoms with E-state index in [9.17, 15) is 0 Å². The van der Waals surface area contributed by atoms with Crippen LogP contribution in [0.15, 0.2) is 103 Å². The molecule has 1 aliphatic carbocycles. The van der Waals surface area contributed by atoms with Crippen molar-refractivity contribution in [2.45, 2.75) is 59.3 Å². The van der Waals surface area contributed by atoms with Crippen molar-refractivity contribution in [2.24, 2.45) is 0 Å². The number of benzene rings is 4. The van der Waals surface area contributed by atoms with Gasteiger partial charge in [0.1, 0.15) is 0 Å². The van der Waals surface area contributed by atoms with Gasteiger partial charge >= 0.3 is 0 Å². The lowest BCUT2D eigenvalue weighted by molar-refractivity contribution is 0.867. The lowest BCUT2D eigenvalue weighted by Crippen LogP contribution is -2.71. The molecule has 4 aromatic carbocycles. The summed E-state index contributed by atoms with van der Waals surface area (Å²) in [4.78, 5) is 0. The standard InChI is InChI=1S/C36H39Si/c1-25(2)29-13-9-16-32(22-29)37(33-17-10-14-30(23-33)26(3)4,34-18-11-15-31(24-34)27(5)6)36-21-20-28-12-7-8-19-35(28)36/h7-27H,1-6H3. The normalized spacial score (nSPS) is 13.6. The Morgan fingerprint density at radius 2 is 0.892 bits per heavy atom. The van der Waals surface area contributed by atoms with Crippen LogP contribution in [-0.4, -0.2) is 8.07 Å². The third kappa shape index (κ3) is 4.55. The van der Waals surface area contributed by atoms with Gasteiger partial charge in [-0.3, -0.25) is 0 Å². The van der Waals surface area contributed by atoms with Gasteiger partial charge in [0.2, 0.25) is 0 Å². The number of rotatable bonds is 7. The Labute approximate surface area is 225 Å². The van der Waals surface area contributed by atoms with Crippen molar-refractivity contribution in [1.82, 2.24) is 0 Å². The minimum absolute atomic E-state index is 0.479. The molecule has 0 fully saturated rings. The van der Waals surface area contributed by atoms with Crippen LogP contribution in [-0.2, 0) is 0 Å². The van der Waals surface area contributed by atoms with E-state index < -0.39 is 8.07 Å². The first-order valence-corrected chi connectivity index (χ1v) is 15.8. The van der Waals surface area contributed by atoms with Gasteiger partial charge in [-0.2, -0.15) is 0 Å². The summed E-state index contributed by atoms with van der Waals surface area (Å²) < 4.78 is 0. The third-order valence-electron chi connectivity index (χ3n) is 8.04. The smallest absolute Gasteiger partial charge is 0.0741 e. The van der Waals surface area contributed by atoms with E-state index in [0.717, 1.165) is 0 Å². The molecule has 0 spiro atoms. The van der Waals surface area contributed by atoms with Crippen molar-refractivity contribution in [3.63, 3.8) is 0 Å². The van der Waals surface area contributed by atoms with E-state index in [-0.39, 0.29) is 0 Å². The van der Waals surface area contributed by atoms with Gasteiger partial charge in [-0.1, -0.05) is 151 Å². The maximum Gasteiger partial charge on any atom is 0.163 e. The second-order valence-electron chi connectivity index (χ2n) is 11.4. The average Bonchev–Trinajstić information content (AvgIpc) is 3.34. The Morgan fingerprint density at radius 1 is 0.459 bits per heavy atom. The maximum absolute atomic E-state index is 2.64. The SMILES string of the molecule is CC(C)c1cccc([Si]([C]2C=Cc3ccccc32)(c2cccc(C(C)C)c2)c2cccc(C(C)C)c2)c1. The van der Waals surface area contributed by atoms with Crippen LogP contribution in [0.2, 0.25) is 0 Å². The summed E-state index contributed by atoms with van der Waals surface area (Å²) in [6.45, 7) is 13.8. The Hall–Kier alpha value is -3.16. The molecule has 1 radical (unpaired) electrons. The fourth-order valence-electron chi connectivity index (χ4n) is 5.84. The molecule has 5 rings (SSSR count). The van der Waals surface area contributed by atoms with Gasteiger partial charge in [0.25, 0.3) is 0 Å². The molecular formula is C36H39Si. The molecule has 0 atom stereocenters. The molecule has 0 bridgehead atoms. The van der Waals surface area contributed by atoms with Crippen LogP contribution in [0.5, 0.6) is 0 Å². The Balaban J connectivity index is 1.92. The van der Waals surface area contributed by atoms with Crippen LogP contribution in [0.25, 0.3) is 6.08 Å². The van der Waals surface area contributed by atoms with Crippen molar-refractivity contribution in [2.75, 3.05) is 0 Å². The molecule has 1 aliphatic rings. The molecule has 0 N–H and O–H groups in total. The Morgan fingerprint density at radius 3 is 1.32 bits per heavy atom. The number of hydrogen-bond acceptors (Lipinski definition) is 0. The van der Waals surface area contributed by atoms with Gasteiger partial charge in [-0.05, 0) is 61.1 Å². The first-order chi connectivity index (χ1) is 17.8. The van der Waals surface area contributed by atoms with Gasteiger partial charge in [-0.25, -0.2) is 0 Å². The predicted octanol–water partition coefficient (Wildman–Crippen LogP) is 7.72. The molecule has 0 saturated carbocycles. The molecule has 187 valence electrons. The molecule has 0 heterocycles. The molecule has 4 aromatic rings. The van der Waals surface area contributed by atoms with Crippen molar-refractivity contribution in [1.29, 1.82) is 0 Å². The summed E-state index contributed by atoms with van der Waals surface area (Å²) in [5, 5.41) is 4.41. The highest BCUT2D eigenvalue weighted by molar-refractivity contribution is 7.16. The first-order valence-electron chi connectivity index (χ1n) is 13.8. The molecule has 0 amide bonds. The maximum atomic E-state index is 2.52. The fraction of sp³-hybridized carbons (Fsp3) is 0.250. The lowest BCUT2D eigenvalue weighted by atomic mass is 10.0. The van der Waals surface area contributed by atoms with Crippen molar-refractivity contribution >= 4 is 29.7 Å². The van der Waals surface area contributed by atoms with E-state index >= 15 is 0 Å². The van der Waals surface area contributed by atoms with E-state index in [1.54, 1.807) is 0 Å². The fourth-order valence-corrected chi connectivity index (χ4v) is 10.9. The molecule has 1 heteroatoms. The lowest BCUT2D eigenvalue weighted by Gasteiger charge is -2.39. The Bertz CT molecular complexity index is 1300. The van der Waals surface area contributed by atoms with Crippen LogP contribution < -0.4 is 15.6 Å². The summed E-state index contributed by atoms with van der Waals surface area (Å²) in [5.41, 5.74) is 8.43. The summed E-state index contributed by atoms with van der Waals surface area (Å²) in [6.07, 6.45) is 4.76. The second kappa shape index (κ2) is 10.3. The van der Waals surface area contributed by atoms with E-state index in [2.05, 4.69) is 151 Å². The summed E-state index contributed by atoms with van der Waals surface area (Å²) in [7, 11) is -2.64. The van der Waals surface area contributed by atoms with Crippen LogP contribution in [0, 0.1) is 5.54 Å². The van der Waals surface area contributed by atoms with Gasteiger partial charge in [0.15, 0.2) is 8.07 Å². The molecular weight excluding hydrogens is 460 g/mol. The largest absolute Gasteiger partial charge is 0.163 e. The molecule has 0 aromatic heterocycles. The zero-order chi connectivity index (χ0) is 26.2. The molecule has 0 saturated heterocycles. The topological polar surface area (TPSA) is 0 Å². The van der Waals surface area contributed by atoms with E-state index in [1.165, 1.54) is 48.9 Å². The summed E-state index contributed by atoms with van der Waals surface area (Å²) in [6, 6.07) is 37.5. The molecule has 0 nitrogen and oxygen atoms in total. The van der Waals surface area contributed by atoms with E-state index in [1.807, 2.05) is 0 Å². The average molecular weight is 500 g/mol. The van der Waals surface area contributed by atoms with Crippen LogP contribution in [0.4, 0.5) is 0 Å². The zero-order valence-electron chi connectivity index (χ0n) is 23.1. The first kappa shape index (κ1) is 25.5. The summed E-state index contributed by atoms with van der Waals surface area (Å²) in [5.74, 6) is 1.44. The third-order valence-corrected chi connectivity index (χ3v) is 12.8. The minimum atomic E-state index is -2.64. The van der Waals surface area contributed by atoms with Crippen molar-refractivity contribution < 1.29 is 0 Å². The zero-order valence-corrected chi connectivity index (χ0v) is 24.1. The predicted molar refractivity (Wildman–Crippen MR) is 164 cm³/mol. The monoisotopic (exact) mass is 499 g/mol. The number of allylic oxidation sites excluding steroid dienone is 1. The number of hydrogen-bond donors (Lipinski definition) is 0. The minimum Gasteiger partial charge on any atom is -0.0741 e. The van der Waals surface area contributed by atoms with Crippen LogP contribution in [0.1, 0.15) is 87.1 Å². The van der Waals surface area contributed by atoms with Crippen LogP contribution >= 0.6 is 0 Å². The van der Waals surface area contributed by atoms with Gasteiger partial charge in [0, 0.05) is 5.54 Å². The van der Waals surface area contributed by atoms with Crippen molar-refractivity contribution in [3.8, 4) is 0 Å². The molecule has 37 heavy (non-hydrogen) atoms. The van der Waals surface area contributed by atoms with E-state index in [4.69, 9.17) is 0 Å². The molecule has 0 unspecified atom stereocenters. The second-order valence-corrected chi connectivity index (χ2v) is 15.2.